The smallest absolute Gasteiger partial charge is 0.0852 e. The van der Waals surface area contributed by atoms with Crippen LogP contribution in [0.4, 0.5) is 0 Å². The Balaban J connectivity index is 2.39. The van der Waals surface area contributed by atoms with Gasteiger partial charge in [-0.3, -0.25) is 0 Å². The van der Waals surface area contributed by atoms with E-state index in [1.165, 1.54) is 5.57 Å². The molecule has 1 aliphatic heterocycles. The quantitative estimate of drug-likeness (QED) is 0.664. The lowest BCUT2D eigenvalue weighted by Crippen LogP contribution is -2.39. The lowest BCUT2D eigenvalue weighted by atomic mass is 10.1. The molecule has 0 bridgehead atoms. The minimum absolute atomic E-state index is 0.0720. The van der Waals surface area contributed by atoms with Gasteiger partial charge in [-0.2, -0.15) is 11.8 Å². The third kappa shape index (κ3) is 3.17. The Morgan fingerprint density at radius 1 is 1.67 bits per heavy atom. The first kappa shape index (κ1) is 10.1. The van der Waals surface area contributed by atoms with Gasteiger partial charge in [0.05, 0.1) is 18.8 Å². The fourth-order valence-electron chi connectivity index (χ4n) is 1.22. The van der Waals surface area contributed by atoms with E-state index in [2.05, 4.69) is 19.9 Å². The van der Waals surface area contributed by atoms with E-state index in [0.29, 0.717) is 0 Å². The van der Waals surface area contributed by atoms with Crippen LogP contribution in [0, 0.1) is 0 Å². The Morgan fingerprint density at radius 2 is 2.42 bits per heavy atom. The summed E-state index contributed by atoms with van der Waals surface area (Å²) >= 11 is 1.92. The molecule has 3 heteroatoms. The van der Waals surface area contributed by atoms with Gasteiger partial charge in [-0.1, -0.05) is 11.6 Å². The Bertz CT molecular complexity index is 160. The van der Waals surface area contributed by atoms with E-state index in [0.717, 1.165) is 18.1 Å². The van der Waals surface area contributed by atoms with Crippen LogP contribution in [-0.4, -0.2) is 30.3 Å². The van der Waals surface area contributed by atoms with Gasteiger partial charge in [0.25, 0.3) is 0 Å². The lowest BCUT2D eigenvalue weighted by Gasteiger charge is -2.26. The number of hydrogen-bond donors (Lipinski definition) is 1. The van der Waals surface area contributed by atoms with Crippen molar-refractivity contribution < 1.29 is 4.74 Å². The van der Waals surface area contributed by atoms with Crippen molar-refractivity contribution in [2.75, 3.05) is 18.1 Å². The maximum absolute atomic E-state index is 5.93. The summed E-state index contributed by atoms with van der Waals surface area (Å²) in [7, 11) is 0. The van der Waals surface area contributed by atoms with Crippen LogP contribution < -0.4 is 5.73 Å². The van der Waals surface area contributed by atoms with Crippen LogP contribution in [0.2, 0.25) is 0 Å². The van der Waals surface area contributed by atoms with Crippen LogP contribution >= 0.6 is 11.8 Å². The lowest BCUT2D eigenvalue weighted by molar-refractivity contribution is 0.0671. The highest BCUT2D eigenvalue weighted by atomic mass is 32.2. The van der Waals surface area contributed by atoms with Gasteiger partial charge in [0.1, 0.15) is 0 Å². The van der Waals surface area contributed by atoms with Crippen molar-refractivity contribution >= 4 is 11.8 Å². The number of ether oxygens (including phenoxy) is 1. The normalized spacial score (nSPS) is 26.4. The van der Waals surface area contributed by atoms with Gasteiger partial charge in [0.15, 0.2) is 0 Å². The summed E-state index contributed by atoms with van der Waals surface area (Å²) in [6, 6.07) is 0.0720. The fraction of sp³-hybridized carbons (Fsp3) is 0.778. The van der Waals surface area contributed by atoms with Gasteiger partial charge < -0.3 is 10.5 Å². The van der Waals surface area contributed by atoms with Gasteiger partial charge in [0, 0.05) is 11.5 Å². The average Bonchev–Trinajstić information content (AvgIpc) is 2.05. The monoisotopic (exact) mass is 187 g/mol. The molecular formula is C9H17NOS. The molecule has 2 nitrogen and oxygen atoms in total. The second-order valence-corrected chi connectivity index (χ2v) is 4.46. The zero-order chi connectivity index (χ0) is 8.97. The summed E-state index contributed by atoms with van der Waals surface area (Å²) in [5.74, 6) is 2.14. The van der Waals surface area contributed by atoms with E-state index in [1.807, 2.05) is 11.8 Å². The topological polar surface area (TPSA) is 35.2 Å². The number of rotatable bonds is 2. The van der Waals surface area contributed by atoms with Crippen molar-refractivity contribution in [3.8, 4) is 0 Å². The molecule has 0 aromatic heterocycles. The average molecular weight is 187 g/mol. The molecule has 2 N–H and O–H groups in total. The molecule has 2 unspecified atom stereocenters. The molecule has 1 rings (SSSR count). The van der Waals surface area contributed by atoms with Gasteiger partial charge in [-0.15, -0.1) is 0 Å². The number of hydrogen-bond acceptors (Lipinski definition) is 3. The highest BCUT2D eigenvalue weighted by molar-refractivity contribution is 7.99. The van der Waals surface area contributed by atoms with Crippen molar-refractivity contribution in [1.29, 1.82) is 0 Å². The molecule has 1 heterocycles. The van der Waals surface area contributed by atoms with Gasteiger partial charge in [-0.05, 0) is 13.8 Å². The minimum atomic E-state index is 0.0720. The third-order valence-electron chi connectivity index (χ3n) is 1.80. The largest absolute Gasteiger partial charge is 0.375 e. The molecule has 70 valence electrons. The Morgan fingerprint density at radius 3 is 2.92 bits per heavy atom. The number of thioether (sulfide) groups is 1. The molecule has 0 spiro atoms. The van der Waals surface area contributed by atoms with Crippen LogP contribution in [0.25, 0.3) is 0 Å². The summed E-state index contributed by atoms with van der Waals surface area (Å²) in [5.41, 5.74) is 7.20. The van der Waals surface area contributed by atoms with Crippen LogP contribution in [0.1, 0.15) is 13.8 Å². The number of allylic oxidation sites excluding steroid dienone is 1. The molecule has 0 aliphatic carbocycles. The molecule has 0 aromatic carbocycles. The molecule has 0 aromatic rings. The summed E-state index contributed by atoms with van der Waals surface area (Å²) in [6.07, 6.45) is 2.30. The van der Waals surface area contributed by atoms with Crippen LogP contribution in [0.3, 0.4) is 0 Å². The minimum Gasteiger partial charge on any atom is -0.375 e. The van der Waals surface area contributed by atoms with Crippen molar-refractivity contribution in [2.45, 2.75) is 26.0 Å². The molecule has 2 atom stereocenters. The Kier molecular flexibility index (Phi) is 4.12. The molecule has 1 aliphatic rings. The Hall–Kier alpha value is 0.01000. The predicted octanol–water partition coefficient (Wildman–Crippen LogP) is 1.41. The molecule has 12 heavy (non-hydrogen) atoms. The molecule has 0 saturated carbocycles. The van der Waals surface area contributed by atoms with Crippen molar-refractivity contribution in [2.24, 2.45) is 5.73 Å². The van der Waals surface area contributed by atoms with Gasteiger partial charge in [0.2, 0.25) is 0 Å². The van der Waals surface area contributed by atoms with Crippen molar-refractivity contribution in [3.63, 3.8) is 0 Å². The molecular weight excluding hydrogens is 170 g/mol. The first-order chi connectivity index (χ1) is 5.70. The first-order valence-electron chi connectivity index (χ1n) is 4.30. The Labute approximate surface area is 78.5 Å². The highest BCUT2D eigenvalue weighted by Crippen LogP contribution is 2.15. The highest BCUT2D eigenvalue weighted by Gasteiger charge is 2.19. The van der Waals surface area contributed by atoms with Gasteiger partial charge in [-0.25, -0.2) is 0 Å². The molecule has 0 amide bonds. The second-order valence-electron chi connectivity index (χ2n) is 3.31. The summed E-state index contributed by atoms with van der Waals surface area (Å²) in [4.78, 5) is 0. The zero-order valence-corrected chi connectivity index (χ0v) is 8.56. The van der Waals surface area contributed by atoms with E-state index in [9.17, 15) is 0 Å². The zero-order valence-electron chi connectivity index (χ0n) is 7.75. The maximum atomic E-state index is 5.93. The predicted molar refractivity (Wildman–Crippen MR) is 54.5 cm³/mol. The van der Waals surface area contributed by atoms with Crippen molar-refractivity contribution in [3.05, 3.63) is 11.6 Å². The van der Waals surface area contributed by atoms with Crippen LogP contribution in [0.15, 0.2) is 11.6 Å². The fourth-order valence-corrected chi connectivity index (χ4v) is 2.15. The van der Waals surface area contributed by atoms with Crippen molar-refractivity contribution in [1.82, 2.24) is 0 Å². The van der Waals surface area contributed by atoms with Gasteiger partial charge >= 0.3 is 0 Å². The van der Waals surface area contributed by atoms with Crippen LogP contribution in [-0.2, 0) is 4.74 Å². The van der Waals surface area contributed by atoms with Crippen LogP contribution in [0.5, 0.6) is 0 Å². The maximum Gasteiger partial charge on any atom is 0.0852 e. The second kappa shape index (κ2) is 4.90. The molecule has 0 radical (unpaired) electrons. The molecule has 1 saturated heterocycles. The third-order valence-corrected chi connectivity index (χ3v) is 2.82. The standard InChI is InChI=1S/C9H17NOS/c1-7(2)5-8(10)9-6-12-4-3-11-9/h5,8-9H,3-4,6,10H2,1-2H3. The molecule has 1 fully saturated rings. The van der Waals surface area contributed by atoms with E-state index < -0.39 is 0 Å². The van der Waals surface area contributed by atoms with E-state index in [-0.39, 0.29) is 12.1 Å². The van der Waals surface area contributed by atoms with E-state index in [4.69, 9.17) is 10.5 Å². The number of nitrogens with two attached hydrogens (primary N) is 1. The summed E-state index contributed by atoms with van der Waals surface area (Å²) < 4.78 is 5.55. The summed E-state index contributed by atoms with van der Waals surface area (Å²) in [6.45, 7) is 4.98. The SMILES string of the molecule is CC(C)=CC(N)C1CSCCO1. The summed E-state index contributed by atoms with van der Waals surface area (Å²) in [5, 5.41) is 0. The van der Waals surface area contributed by atoms with E-state index in [1.54, 1.807) is 0 Å². The van der Waals surface area contributed by atoms with E-state index >= 15 is 0 Å². The first-order valence-corrected chi connectivity index (χ1v) is 5.45.